The molecule has 0 saturated heterocycles. The molecule has 1 fully saturated rings. The summed E-state index contributed by atoms with van der Waals surface area (Å²) in [4.78, 5) is 15.7. The zero-order chi connectivity index (χ0) is 15.9. The van der Waals surface area contributed by atoms with E-state index in [-0.39, 0.29) is 0 Å². The van der Waals surface area contributed by atoms with Gasteiger partial charge in [-0.1, -0.05) is 6.07 Å². The summed E-state index contributed by atoms with van der Waals surface area (Å²) >= 11 is 0. The van der Waals surface area contributed by atoms with E-state index in [0.717, 1.165) is 49.1 Å². The molecule has 0 amide bonds. The minimum absolute atomic E-state index is 0.528. The molecule has 2 aromatic heterocycles. The zero-order valence-electron chi connectivity index (χ0n) is 13.5. The molecular weight excluding hydrogens is 278 g/mol. The fourth-order valence-electron chi connectivity index (χ4n) is 3.50. The van der Waals surface area contributed by atoms with Crippen LogP contribution in [0.15, 0.2) is 12.3 Å². The van der Waals surface area contributed by atoms with E-state index in [4.69, 9.17) is 0 Å². The SMILES string of the molecule is Cc1nc2c(C)cc(CC3CCC(C)(C(=O)O)CC3)cn2n1. The lowest BCUT2D eigenvalue weighted by Crippen LogP contribution is -2.32. The van der Waals surface area contributed by atoms with Crippen LogP contribution in [0.25, 0.3) is 5.65 Å². The molecule has 2 heterocycles. The summed E-state index contributed by atoms with van der Waals surface area (Å²) in [5.41, 5.74) is 2.80. The molecule has 5 nitrogen and oxygen atoms in total. The van der Waals surface area contributed by atoms with Crippen LogP contribution in [0.1, 0.15) is 49.6 Å². The molecule has 0 atom stereocenters. The minimum Gasteiger partial charge on any atom is -0.481 e. The molecular formula is C17H23N3O2. The predicted octanol–water partition coefficient (Wildman–Crippen LogP) is 3.17. The van der Waals surface area contributed by atoms with Crippen LogP contribution in [0, 0.1) is 25.2 Å². The third-order valence-corrected chi connectivity index (χ3v) is 5.03. The van der Waals surface area contributed by atoms with Gasteiger partial charge in [0, 0.05) is 6.20 Å². The van der Waals surface area contributed by atoms with Gasteiger partial charge in [-0.05, 0) is 69.9 Å². The Morgan fingerprint density at radius 3 is 2.73 bits per heavy atom. The van der Waals surface area contributed by atoms with Crippen molar-refractivity contribution in [3.05, 3.63) is 29.2 Å². The van der Waals surface area contributed by atoms with Crippen molar-refractivity contribution < 1.29 is 9.90 Å². The molecule has 2 aromatic rings. The topological polar surface area (TPSA) is 67.5 Å². The number of aromatic nitrogens is 3. The van der Waals surface area contributed by atoms with Crippen molar-refractivity contribution in [3.63, 3.8) is 0 Å². The van der Waals surface area contributed by atoms with E-state index in [1.807, 2.05) is 18.4 Å². The van der Waals surface area contributed by atoms with Crippen LogP contribution in [0.3, 0.4) is 0 Å². The Balaban J connectivity index is 1.73. The second-order valence-electron chi connectivity index (χ2n) is 6.97. The predicted molar refractivity (Wildman–Crippen MR) is 83.9 cm³/mol. The molecule has 0 unspecified atom stereocenters. The minimum atomic E-state index is -0.652. The van der Waals surface area contributed by atoms with E-state index in [0.29, 0.717) is 5.92 Å². The van der Waals surface area contributed by atoms with Gasteiger partial charge in [0.2, 0.25) is 0 Å². The zero-order valence-corrected chi connectivity index (χ0v) is 13.5. The lowest BCUT2D eigenvalue weighted by molar-refractivity contribution is -0.150. The highest BCUT2D eigenvalue weighted by Gasteiger charge is 2.37. The van der Waals surface area contributed by atoms with Crippen LogP contribution in [-0.2, 0) is 11.2 Å². The molecule has 3 rings (SSSR count). The molecule has 0 spiro atoms. The summed E-state index contributed by atoms with van der Waals surface area (Å²) < 4.78 is 1.87. The Labute approximate surface area is 130 Å². The summed E-state index contributed by atoms with van der Waals surface area (Å²) in [5, 5.41) is 13.7. The molecule has 1 saturated carbocycles. The summed E-state index contributed by atoms with van der Waals surface area (Å²) in [5.74, 6) is 0.699. The number of rotatable bonds is 3. The van der Waals surface area contributed by atoms with E-state index < -0.39 is 11.4 Å². The molecule has 0 bridgehead atoms. The highest BCUT2D eigenvalue weighted by atomic mass is 16.4. The Kier molecular flexibility index (Phi) is 3.67. The summed E-state index contributed by atoms with van der Waals surface area (Å²) in [6.45, 7) is 5.84. The number of pyridine rings is 1. The van der Waals surface area contributed by atoms with Crippen LogP contribution in [0.4, 0.5) is 0 Å². The first-order valence-electron chi connectivity index (χ1n) is 7.93. The van der Waals surface area contributed by atoms with Crippen molar-refractivity contribution in [2.24, 2.45) is 11.3 Å². The molecule has 22 heavy (non-hydrogen) atoms. The maximum Gasteiger partial charge on any atom is 0.309 e. The fraction of sp³-hybridized carbons (Fsp3) is 0.588. The van der Waals surface area contributed by atoms with Gasteiger partial charge in [-0.25, -0.2) is 9.50 Å². The highest BCUT2D eigenvalue weighted by molar-refractivity contribution is 5.74. The molecule has 118 valence electrons. The molecule has 0 aliphatic heterocycles. The normalized spacial score (nSPS) is 25.5. The number of hydrogen-bond acceptors (Lipinski definition) is 3. The van der Waals surface area contributed by atoms with E-state index in [9.17, 15) is 9.90 Å². The third kappa shape index (κ3) is 2.72. The van der Waals surface area contributed by atoms with E-state index >= 15 is 0 Å². The van der Waals surface area contributed by atoms with Crippen molar-refractivity contribution in [1.29, 1.82) is 0 Å². The quantitative estimate of drug-likeness (QED) is 0.945. The lowest BCUT2D eigenvalue weighted by Gasteiger charge is -2.34. The molecule has 5 heteroatoms. The second-order valence-corrected chi connectivity index (χ2v) is 6.97. The average Bonchev–Trinajstić information content (AvgIpc) is 2.82. The van der Waals surface area contributed by atoms with Crippen LogP contribution in [0.2, 0.25) is 0 Å². The van der Waals surface area contributed by atoms with Gasteiger partial charge in [-0.2, -0.15) is 5.10 Å². The number of hydrogen-bond donors (Lipinski definition) is 1. The molecule has 0 radical (unpaired) electrons. The van der Waals surface area contributed by atoms with Crippen LogP contribution in [0.5, 0.6) is 0 Å². The van der Waals surface area contributed by atoms with Gasteiger partial charge < -0.3 is 5.11 Å². The highest BCUT2D eigenvalue weighted by Crippen LogP contribution is 2.40. The second kappa shape index (κ2) is 5.38. The first-order chi connectivity index (χ1) is 10.4. The largest absolute Gasteiger partial charge is 0.481 e. The van der Waals surface area contributed by atoms with Crippen molar-refractivity contribution in [3.8, 4) is 0 Å². The fourth-order valence-corrected chi connectivity index (χ4v) is 3.50. The van der Waals surface area contributed by atoms with E-state index in [1.165, 1.54) is 5.56 Å². The number of carbonyl (C=O) groups is 1. The monoisotopic (exact) mass is 301 g/mol. The maximum atomic E-state index is 11.3. The van der Waals surface area contributed by atoms with Gasteiger partial charge in [0.1, 0.15) is 5.82 Å². The first-order valence-corrected chi connectivity index (χ1v) is 7.93. The van der Waals surface area contributed by atoms with Gasteiger partial charge >= 0.3 is 5.97 Å². The van der Waals surface area contributed by atoms with Crippen LogP contribution < -0.4 is 0 Å². The first kappa shape index (κ1) is 15.0. The van der Waals surface area contributed by atoms with Gasteiger partial charge in [0.15, 0.2) is 5.65 Å². The van der Waals surface area contributed by atoms with Crippen molar-refractivity contribution >= 4 is 11.6 Å². The van der Waals surface area contributed by atoms with Crippen molar-refractivity contribution in [2.45, 2.75) is 52.9 Å². The molecule has 0 aromatic carbocycles. The molecule has 1 aliphatic carbocycles. The number of fused-ring (bicyclic) bond motifs is 1. The number of nitrogens with zero attached hydrogens (tertiary/aromatic N) is 3. The average molecular weight is 301 g/mol. The van der Waals surface area contributed by atoms with Crippen LogP contribution in [-0.4, -0.2) is 25.7 Å². The smallest absolute Gasteiger partial charge is 0.309 e. The Bertz CT molecular complexity index is 712. The van der Waals surface area contributed by atoms with Crippen molar-refractivity contribution in [1.82, 2.24) is 14.6 Å². The Hall–Kier alpha value is -1.91. The maximum absolute atomic E-state index is 11.3. The van der Waals surface area contributed by atoms with Crippen molar-refractivity contribution in [2.75, 3.05) is 0 Å². The van der Waals surface area contributed by atoms with Crippen LogP contribution >= 0.6 is 0 Å². The molecule has 1 N–H and O–H groups in total. The lowest BCUT2D eigenvalue weighted by atomic mass is 9.70. The number of carboxylic acid groups (broad SMARTS) is 1. The summed E-state index contributed by atoms with van der Waals surface area (Å²) in [7, 11) is 0. The van der Waals surface area contributed by atoms with Gasteiger partial charge in [-0.3, -0.25) is 4.79 Å². The Morgan fingerprint density at radius 2 is 2.09 bits per heavy atom. The van der Waals surface area contributed by atoms with Gasteiger partial charge in [0.25, 0.3) is 0 Å². The molecule has 1 aliphatic rings. The number of carboxylic acids is 1. The summed E-state index contributed by atoms with van der Waals surface area (Å²) in [6, 6.07) is 2.19. The van der Waals surface area contributed by atoms with E-state index in [2.05, 4.69) is 29.3 Å². The van der Waals surface area contributed by atoms with E-state index in [1.54, 1.807) is 0 Å². The number of aliphatic carboxylic acids is 1. The third-order valence-electron chi connectivity index (χ3n) is 5.03. The number of aryl methyl sites for hydroxylation is 2. The summed E-state index contributed by atoms with van der Waals surface area (Å²) in [6.07, 6.45) is 6.57. The van der Waals surface area contributed by atoms with Gasteiger partial charge in [0.05, 0.1) is 5.41 Å². The Morgan fingerprint density at radius 1 is 1.41 bits per heavy atom. The van der Waals surface area contributed by atoms with Gasteiger partial charge in [-0.15, -0.1) is 0 Å². The standard InChI is InChI=1S/C17H23N3O2/c1-11-8-14(10-20-15(11)18-12(2)19-20)9-13-4-6-17(3,7-5-13)16(21)22/h8,10,13H,4-7,9H2,1-3H3,(H,21,22).